The van der Waals surface area contributed by atoms with Gasteiger partial charge in [0, 0.05) is 18.9 Å². The van der Waals surface area contributed by atoms with Crippen molar-refractivity contribution in [3.05, 3.63) is 12.7 Å². The topological polar surface area (TPSA) is 66.4 Å². The minimum absolute atomic E-state index is 0.00595. The molecule has 0 saturated carbocycles. The maximum Gasteiger partial charge on any atom is 0.303 e. The third kappa shape index (κ3) is 11.1. The van der Waals surface area contributed by atoms with Crippen LogP contribution in [0.15, 0.2) is 12.7 Å². The van der Waals surface area contributed by atoms with Gasteiger partial charge in [-0.3, -0.25) is 9.59 Å². The Morgan fingerprint density at radius 1 is 1.24 bits per heavy atom. The summed E-state index contributed by atoms with van der Waals surface area (Å²) < 4.78 is 0. The minimum atomic E-state index is -0.836. The number of carbonyl (C=O) groups excluding carboxylic acids is 1. The summed E-state index contributed by atoms with van der Waals surface area (Å²) in [6.45, 7) is 9.99. The molecule has 122 valence electrons. The molecule has 0 aromatic rings. The van der Waals surface area contributed by atoms with E-state index in [-0.39, 0.29) is 30.7 Å². The Kier molecular flexibility index (Phi) is 10.6. The summed E-state index contributed by atoms with van der Waals surface area (Å²) in [5, 5.41) is 11.9. The van der Waals surface area contributed by atoms with Crippen LogP contribution in [0, 0.1) is 11.8 Å². The summed E-state index contributed by atoms with van der Waals surface area (Å²) in [5.41, 5.74) is 0. The van der Waals surface area contributed by atoms with Crippen LogP contribution < -0.4 is 5.32 Å². The van der Waals surface area contributed by atoms with Crippen molar-refractivity contribution in [3.8, 4) is 0 Å². The SMILES string of the molecule is C=CC(CCCCC)NC(=O)CC(CC(=O)O)CC(C)C. The molecule has 0 fully saturated rings. The average Bonchev–Trinajstić information content (AvgIpc) is 2.35. The Bertz CT molecular complexity index is 326. The molecule has 0 rings (SSSR count). The first kappa shape index (κ1) is 19.7. The molecule has 0 aromatic carbocycles. The van der Waals surface area contributed by atoms with Gasteiger partial charge >= 0.3 is 5.97 Å². The molecular formula is C17H31NO3. The fourth-order valence-corrected chi connectivity index (χ4v) is 2.54. The molecule has 2 atom stereocenters. The number of hydrogen-bond donors (Lipinski definition) is 2. The maximum absolute atomic E-state index is 12.1. The number of carboxylic acids is 1. The summed E-state index contributed by atoms with van der Waals surface area (Å²) in [4.78, 5) is 22.9. The predicted octanol–water partition coefficient (Wildman–Crippen LogP) is 3.76. The lowest BCUT2D eigenvalue weighted by Crippen LogP contribution is -2.34. The van der Waals surface area contributed by atoms with Gasteiger partial charge in [-0.05, 0) is 24.7 Å². The van der Waals surface area contributed by atoms with Gasteiger partial charge in [-0.15, -0.1) is 6.58 Å². The number of carboxylic acid groups (broad SMARTS) is 1. The van der Waals surface area contributed by atoms with Crippen LogP contribution in [0.5, 0.6) is 0 Å². The number of rotatable bonds is 12. The van der Waals surface area contributed by atoms with Crippen LogP contribution in [0.2, 0.25) is 0 Å². The van der Waals surface area contributed by atoms with Crippen molar-refractivity contribution < 1.29 is 14.7 Å². The van der Waals surface area contributed by atoms with E-state index in [1.807, 2.05) is 13.8 Å². The van der Waals surface area contributed by atoms with Gasteiger partial charge in [-0.1, -0.05) is 46.1 Å². The lowest BCUT2D eigenvalue weighted by atomic mass is 9.91. The molecule has 21 heavy (non-hydrogen) atoms. The predicted molar refractivity (Wildman–Crippen MR) is 86.1 cm³/mol. The number of carbonyl (C=O) groups is 2. The zero-order valence-electron chi connectivity index (χ0n) is 13.7. The Balaban J connectivity index is 4.32. The molecule has 2 unspecified atom stereocenters. The zero-order chi connectivity index (χ0) is 16.3. The van der Waals surface area contributed by atoms with Crippen molar-refractivity contribution in [1.29, 1.82) is 0 Å². The van der Waals surface area contributed by atoms with Gasteiger partial charge in [0.2, 0.25) is 5.91 Å². The number of nitrogens with one attached hydrogen (secondary N) is 1. The Hall–Kier alpha value is -1.32. The highest BCUT2D eigenvalue weighted by Crippen LogP contribution is 2.19. The third-order valence-electron chi connectivity index (χ3n) is 3.49. The molecular weight excluding hydrogens is 266 g/mol. The van der Waals surface area contributed by atoms with Crippen LogP contribution in [0.1, 0.15) is 65.7 Å². The van der Waals surface area contributed by atoms with E-state index in [4.69, 9.17) is 5.11 Å². The van der Waals surface area contributed by atoms with E-state index in [0.29, 0.717) is 5.92 Å². The number of unbranched alkanes of at least 4 members (excludes halogenated alkanes) is 2. The average molecular weight is 297 g/mol. The van der Waals surface area contributed by atoms with Gasteiger partial charge in [-0.25, -0.2) is 0 Å². The quantitative estimate of drug-likeness (QED) is 0.426. The van der Waals surface area contributed by atoms with Crippen LogP contribution in [0.4, 0.5) is 0 Å². The zero-order valence-corrected chi connectivity index (χ0v) is 13.7. The van der Waals surface area contributed by atoms with E-state index < -0.39 is 5.97 Å². The third-order valence-corrected chi connectivity index (χ3v) is 3.49. The van der Waals surface area contributed by atoms with Crippen LogP contribution in [0.25, 0.3) is 0 Å². The highest BCUT2D eigenvalue weighted by atomic mass is 16.4. The second-order valence-electron chi connectivity index (χ2n) is 6.20. The molecule has 0 aliphatic rings. The Labute approximate surface area is 129 Å². The lowest BCUT2D eigenvalue weighted by molar-refractivity contribution is -0.138. The molecule has 2 N–H and O–H groups in total. The second-order valence-corrected chi connectivity index (χ2v) is 6.20. The molecule has 4 nitrogen and oxygen atoms in total. The highest BCUT2D eigenvalue weighted by molar-refractivity contribution is 5.77. The fraction of sp³-hybridized carbons (Fsp3) is 0.765. The molecule has 0 radical (unpaired) electrons. The summed E-state index contributed by atoms with van der Waals surface area (Å²) >= 11 is 0. The molecule has 0 bridgehead atoms. The van der Waals surface area contributed by atoms with E-state index in [1.54, 1.807) is 6.08 Å². The molecule has 4 heteroatoms. The van der Waals surface area contributed by atoms with Crippen molar-refractivity contribution >= 4 is 11.9 Å². The number of aliphatic carboxylic acids is 1. The number of hydrogen-bond acceptors (Lipinski definition) is 2. The summed E-state index contributed by atoms with van der Waals surface area (Å²) in [6.07, 6.45) is 7.12. The fourth-order valence-electron chi connectivity index (χ4n) is 2.54. The van der Waals surface area contributed by atoms with E-state index >= 15 is 0 Å². The Morgan fingerprint density at radius 2 is 1.90 bits per heavy atom. The molecule has 1 amide bonds. The van der Waals surface area contributed by atoms with Crippen molar-refractivity contribution in [3.63, 3.8) is 0 Å². The largest absolute Gasteiger partial charge is 0.481 e. The highest BCUT2D eigenvalue weighted by Gasteiger charge is 2.19. The lowest BCUT2D eigenvalue weighted by Gasteiger charge is -2.19. The van der Waals surface area contributed by atoms with Crippen molar-refractivity contribution in [1.82, 2.24) is 5.32 Å². The minimum Gasteiger partial charge on any atom is -0.481 e. The normalized spacial score (nSPS) is 13.7. The van der Waals surface area contributed by atoms with Crippen molar-refractivity contribution in [2.24, 2.45) is 11.8 Å². The van der Waals surface area contributed by atoms with Crippen molar-refractivity contribution in [2.75, 3.05) is 0 Å². The van der Waals surface area contributed by atoms with Crippen LogP contribution in [0.3, 0.4) is 0 Å². The van der Waals surface area contributed by atoms with Gasteiger partial charge in [0.25, 0.3) is 0 Å². The second kappa shape index (κ2) is 11.4. The van der Waals surface area contributed by atoms with Gasteiger partial charge in [0.05, 0.1) is 0 Å². The molecule has 0 aromatic heterocycles. The molecule has 0 heterocycles. The van der Waals surface area contributed by atoms with E-state index in [2.05, 4.69) is 18.8 Å². The van der Waals surface area contributed by atoms with Crippen LogP contribution in [-0.2, 0) is 9.59 Å². The summed E-state index contributed by atoms with van der Waals surface area (Å²) in [7, 11) is 0. The van der Waals surface area contributed by atoms with E-state index in [9.17, 15) is 9.59 Å². The summed E-state index contributed by atoms with van der Waals surface area (Å²) in [5.74, 6) is -0.606. The first-order valence-corrected chi connectivity index (χ1v) is 8.02. The Morgan fingerprint density at radius 3 is 2.38 bits per heavy atom. The van der Waals surface area contributed by atoms with Gasteiger partial charge < -0.3 is 10.4 Å². The van der Waals surface area contributed by atoms with Gasteiger partial charge in [-0.2, -0.15) is 0 Å². The van der Waals surface area contributed by atoms with Gasteiger partial charge in [0.1, 0.15) is 0 Å². The monoisotopic (exact) mass is 297 g/mol. The molecule has 0 aliphatic carbocycles. The van der Waals surface area contributed by atoms with Crippen molar-refractivity contribution in [2.45, 2.75) is 71.8 Å². The first-order chi connectivity index (χ1) is 9.88. The van der Waals surface area contributed by atoms with Gasteiger partial charge in [0.15, 0.2) is 0 Å². The van der Waals surface area contributed by atoms with E-state index in [1.165, 1.54) is 0 Å². The van der Waals surface area contributed by atoms with Crippen LogP contribution >= 0.6 is 0 Å². The van der Waals surface area contributed by atoms with E-state index in [0.717, 1.165) is 32.1 Å². The number of amides is 1. The van der Waals surface area contributed by atoms with Crippen LogP contribution in [-0.4, -0.2) is 23.0 Å². The standard InChI is InChI=1S/C17H31NO3/c1-5-7-8-9-15(6-2)18-16(19)11-14(10-13(3)4)12-17(20)21/h6,13-15H,2,5,7-12H2,1,3-4H3,(H,18,19)(H,20,21). The maximum atomic E-state index is 12.1. The first-order valence-electron chi connectivity index (χ1n) is 8.02. The molecule has 0 spiro atoms. The molecule has 0 saturated heterocycles. The smallest absolute Gasteiger partial charge is 0.303 e. The molecule has 0 aliphatic heterocycles. The summed E-state index contributed by atoms with van der Waals surface area (Å²) in [6, 6.07) is -0.00595.